The molecule has 0 spiro atoms. The number of hydrogen-bond acceptors (Lipinski definition) is 2. The number of rotatable bonds is 5. The first-order valence-electron chi connectivity index (χ1n) is 4.83. The first-order chi connectivity index (χ1) is 7.13. The fourth-order valence-electron chi connectivity index (χ4n) is 1.32. The summed E-state index contributed by atoms with van der Waals surface area (Å²) >= 11 is 5.81. The summed E-state index contributed by atoms with van der Waals surface area (Å²) in [5.41, 5.74) is 6.71. The molecule has 2 N–H and O–H groups in total. The molecule has 0 saturated heterocycles. The van der Waals surface area contributed by atoms with Crippen LogP contribution in [0.1, 0.15) is 29.6 Å². The molecular weight excluding hydrogens is 210 g/mol. The van der Waals surface area contributed by atoms with E-state index >= 15 is 0 Å². The van der Waals surface area contributed by atoms with Gasteiger partial charge in [0.15, 0.2) is 5.78 Å². The molecule has 0 fully saturated rings. The van der Waals surface area contributed by atoms with Crippen molar-refractivity contribution < 1.29 is 4.79 Å². The lowest BCUT2D eigenvalue weighted by Crippen LogP contribution is -2.00. The molecule has 0 heterocycles. The Labute approximate surface area is 94.7 Å². The third-order valence-corrected chi connectivity index (χ3v) is 2.27. The van der Waals surface area contributed by atoms with E-state index in [2.05, 4.69) is 6.58 Å². The minimum absolute atomic E-state index is 0.0750. The van der Waals surface area contributed by atoms with Gasteiger partial charge in [-0.2, -0.15) is 0 Å². The molecule has 0 radical (unpaired) electrons. The molecular formula is C12H14ClNO. The summed E-state index contributed by atoms with van der Waals surface area (Å²) in [7, 11) is 0. The van der Waals surface area contributed by atoms with E-state index in [-0.39, 0.29) is 5.78 Å². The van der Waals surface area contributed by atoms with Crippen molar-refractivity contribution in [3.05, 3.63) is 41.4 Å². The van der Waals surface area contributed by atoms with Crippen molar-refractivity contribution >= 4 is 23.1 Å². The van der Waals surface area contributed by atoms with Crippen molar-refractivity contribution in [2.45, 2.75) is 19.3 Å². The summed E-state index contributed by atoms with van der Waals surface area (Å²) in [5.74, 6) is 0.0750. The molecule has 2 nitrogen and oxygen atoms in total. The Bertz CT molecular complexity index is 354. The molecule has 0 unspecified atom stereocenters. The molecule has 0 aliphatic carbocycles. The predicted octanol–water partition coefficient (Wildman–Crippen LogP) is 3.46. The van der Waals surface area contributed by atoms with E-state index in [1.165, 1.54) is 0 Å². The van der Waals surface area contributed by atoms with Gasteiger partial charge in [0.2, 0.25) is 0 Å². The van der Waals surface area contributed by atoms with Gasteiger partial charge in [0, 0.05) is 22.7 Å². The van der Waals surface area contributed by atoms with Crippen LogP contribution in [0.4, 0.5) is 5.69 Å². The summed E-state index contributed by atoms with van der Waals surface area (Å²) in [6.45, 7) is 3.61. The van der Waals surface area contributed by atoms with Crippen LogP contribution >= 0.6 is 11.6 Å². The number of benzene rings is 1. The Morgan fingerprint density at radius 3 is 2.80 bits per heavy atom. The first kappa shape index (κ1) is 11.8. The van der Waals surface area contributed by atoms with Crippen LogP contribution in [0, 0.1) is 0 Å². The Balaban J connectivity index is 2.69. The zero-order chi connectivity index (χ0) is 11.3. The van der Waals surface area contributed by atoms with Gasteiger partial charge >= 0.3 is 0 Å². The van der Waals surface area contributed by atoms with Gasteiger partial charge in [-0.1, -0.05) is 17.7 Å². The number of halogens is 1. The summed E-state index contributed by atoms with van der Waals surface area (Å²) in [5, 5.41) is 0.502. The summed E-state index contributed by atoms with van der Waals surface area (Å²) in [6.07, 6.45) is 3.97. The van der Waals surface area contributed by atoms with Crippen molar-refractivity contribution in [2.24, 2.45) is 0 Å². The highest BCUT2D eigenvalue weighted by atomic mass is 35.5. The number of Topliss-reactive ketones (excluding diaryl/α,β-unsaturated/α-hetero) is 1. The summed E-state index contributed by atoms with van der Waals surface area (Å²) < 4.78 is 0. The number of nitrogens with two attached hydrogens (primary N) is 1. The zero-order valence-corrected chi connectivity index (χ0v) is 9.26. The van der Waals surface area contributed by atoms with Crippen LogP contribution in [0.25, 0.3) is 0 Å². The fraction of sp³-hybridized carbons (Fsp3) is 0.250. The molecule has 0 aromatic heterocycles. The normalized spacial score (nSPS) is 9.93. The van der Waals surface area contributed by atoms with E-state index in [4.69, 9.17) is 17.3 Å². The Kier molecular flexibility index (Phi) is 4.37. The van der Waals surface area contributed by atoms with Gasteiger partial charge in [-0.25, -0.2) is 0 Å². The van der Waals surface area contributed by atoms with Gasteiger partial charge in [0.1, 0.15) is 0 Å². The quantitative estimate of drug-likeness (QED) is 0.360. The highest BCUT2D eigenvalue weighted by Gasteiger charge is 2.06. The minimum Gasteiger partial charge on any atom is -0.399 e. The van der Waals surface area contributed by atoms with Gasteiger partial charge in [-0.3, -0.25) is 4.79 Å². The second-order valence-corrected chi connectivity index (χ2v) is 3.81. The molecule has 1 aromatic rings. The molecule has 80 valence electrons. The van der Waals surface area contributed by atoms with Gasteiger partial charge in [-0.15, -0.1) is 6.58 Å². The van der Waals surface area contributed by atoms with Crippen LogP contribution in [0.3, 0.4) is 0 Å². The second-order valence-electron chi connectivity index (χ2n) is 3.38. The molecule has 0 bridgehead atoms. The van der Waals surface area contributed by atoms with Crippen molar-refractivity contribution in [1.82, 2.24) is 0 Å². The largest absolute Gasteiger partial charge is 0.399 e. The minimum atomic E-state index is 0.0750. The van der Waals surface area contributed by atoms with Gasteiger partial charge in [0.05, 0.1) is 0 Å². The fourth-order valence-corrected chi connectivity index (χ4v) is 1.57. The number of ketones is 1. The number of allylic oxidation sites excluding steroid dienone is 1. The van der Waals surface area contributed by atoms with Crippen molar-refractivity contribution in [3.8, 4) is 0 Å². The average Bonchev–Trinajstić information content (AvgIpc) is 2.16. The van der Waals surface area contributed by atoms with Crippen molar-refractivity contribution in [2.75, 3.05) is 5.73 Å². The molecule has 0 saturated carbocycles. The van der Waals surface area contributed by atoms with Crippen LogP contribution < -0.4 is 5.73 Å². The number of carbonyl (C=O) groups excluding carboxylic acids is 1. The Morgan fingerprint density at radius 1 is 1.47 bits per heavy atom. The number of anilines is 1. The van der Waals surface area contributed by atoms with E-state index in [0.29, 0.717) is 22.7 Å². The number of carbonyl (C=O) groups is 1. The molecule has 1 aromatic carbocycles. The predicted molar refractivity (Wildman–Crippen MR) is 64.2 cm³/mol. The van der Waals surface area contributed by atoms with E-state index in [9.17, 15) is 4.79 Å². The van der Waals surface area contributed by atoms with Gasteiger partial charge in [0.25, 0.3) is 0 Å². The molecule has 0 amide bonds. The lowest BCUT2D eigenvalue weighted by Gasteiger charge is -2.02. The first-order valence-corrected chi connectivity index (χ1v) is 5.21. The van der Waals surface area contributed by atoms with Crippen LogP contribution in [-0.2, 0) is 0 Å². The van der Waals surface area contributed by atoms with E-state index < -0.39 is 0 Å². The molecule has 0 aliphatic rings. The molecule has 1 rings (SSSR count). The van der Waals surface area contributed by atoms with Crippen LogP contribution in [0.5, 0.6) is 0 Å². The SMILES string of the molecule is C=CCCCC(=O)c1cc(N)cc(Cl)c1. The summed E-state index contributed by atoms with van der Waals surface area (Å²) in [4.78, 5) is 11.7. The lowest BCUT2D eigenvalue weighted by molar-refractivity contribution is 0.0980. The second kappa shape index (κ2) is 5.56. The maximum Gasteiger partial charge on any atom is 0.163 e. The number of hydrogen-bond donors (Lipinski definition) is 1. The lowest BCUT2D eigenvalue weighted by atomic mass is 10.1. The topological polar surface area (TPSA) is 43.1 Å². The highest BCUT2D eigenvalue weighted by molar-refractivity contribution is 6.31. The van der Waals surface area contributed by atoms with E-state index in [1.54, 1.807) is 24.3 Å². The van der Waals surface area contributed by atoms with Crippen LogP contribution in [0.2, 0.25) is 5.02 Å². The standard InChI is InChI=1S/C12H14ClNO/c1-2-3-4-5-12(15)9-6-10(13)8-11(14)7-9/h2,6-8H,1,3-5,14H2. The van der Waals surface area contributed by atoms with Crippen molar-refractivity contribution in [1.29, 1.82) is 0 Å². The van der Waals surface area contributed by atoms with Gasteiger partial charge in [-0.05, 0) is 31.0 Å². The molecule has 15 heavy (non-hydrogen) atoms. The smallest absolute Gasteiger partial charge is 0.163 e. The molecule has 0 atom stereocenters. The van der Waals surface area contributed by atoms with Gasteiger partial charge < -0.3 is 5.73 Å². The third-order valence-electron chi connectivity index (χ3n) is 2.05. The van der Waals surface area contributed by atoms with Crippen LogP contribution in [-0.4, -0.2) is 5.78 Å². The monoisotopic (exact) mass is 223 g/mol. The summed E-state index contributed by atoms with van der Waals surface area (Å²) in [6, 6.07) is 4.93. The van der Waals surface area contributed by atoms with Crippen molar-refractivity contribution in [3.63, 3.8) is 0 Å². The number of nitrogen functional groups attached to an aromatic ring is 1. The zero-order valence-electron chi connectivity index (χ0n) is 8.50. The number of unbranched alkanes of at least 4 members (excludes halogenated alkanes) is 1. The van der Waals surface area contributed by atoms with E-state index in [1.807, 2.05) is 0 Å². The average molecular weight is 224 g/mol. The third kappa shape index (κ3) is 3.76. The Hall–Kier alpha value is -1.28. The molecule has 0 aliphatic heterocycles. The molecule has 3 heteroatoms. The van der Waals surface area contributed by atoms with Crippen LogP contribution in [0.15, 0.2) is 30.9 Å². The Morgan fingerprint density at radius 2 is 2.20 bits per heavy atom. The van der Waals surface area contributed by atoms with E-state index in [0.717, 1.165) is 12.8 Å². The highest BCUT2D eigenvalue weighted by Crippen LogP contribution is 2.18. The maximum atomic E-state index is 11.7. The maximum absolute atomic E-state index is 11.7.